The normalized spacial score (nSPS) is 13.4. The van der Waals surface area contributed by atoms with Crippen molar-refractivity contribution in [2.75, 3.05) is 47.4 Å². The lowest BCUT2D eigenvalue weighted by molar-refractivity contribution is 0.261. The molecule has 5 rings (SSSR count). The number of anilines is 4. The van der Waals surface area contributed by atoms with E-state index in [1.165, 1.54) is 0 Å². The van der Waals surface area contributed by atoms with Gasteiger partial charge >= 0.3 is 12.1 Å². The van der Waals surface area contributed by atoms with Gasteiger partial charge in [-0.2, -0.15) is 0 Å². The molecule has 204 valence electrons. The number of carbonyl (C=O) groups excluding carboxylic acids is 2. The summed E-state index contributed by atoms with van der Waals surface area (Å²) in [7, 11) is 0. The van der Waals surface area contributed by atoms with Crippen LogP contribution in [0.4, 0.5) is 32.3 Å². The molecule has 0 bridgehead atoms. The third-order valence-electron chi connectivity index (χ3n) is 5.91. The number of amidine groups is 2. The number of benzene rings is 3. The molecular weight excluding hydrogens is 539 g/mol. The quantitative estimate of drug-likeness (QED) is 0.254. The maximum Gasteiger partial charge on any atom is 0.323 e. The van der Waals surface area contributed by atoms with Crippen molar-refractivity contribution < 1.29 is 9.59 Å². The van der Waals surface area contributed by atoms with E-state index in [4.69, 9.17) is 0 Å². The van der Waals surface area contributed by atoms with Gasteiger partial charge in [0.05, 0.1) is 13.1 Å². The summed E-state index contributed by atoms with van der Waals surface area (Å²) in [6.07, 6.45) is 0. The van der Waals surface area contributed by atoms with E-state index < -0.39 is 0 Å². The number of aryl methyl sites for hydroxylation is 1. The molecule has 2 aliphatic heterocycles. The fourth-order valence-corrected chi connectivity index (χ4v) is 4.07. The monoisotopic (exact) mass is 568 g/mol. The van der Waals surface area contributed by atoms with Gasteiger partial charge in [-0.25, -0.2) is 9.59 Å². The lowest BCUT2D eigenvalue weighted by Gasteiger charge is -2.13. The molecule has 39 heavy (non-hydrogen) atoms. The van der Waals surface area contributed by atoms with Crippen molar-refractivity contribution in [1.82, 2.24) is 10.6 Å². The minimum absolute atomic E-state index is 0. The Morgan fingerprint density at radius 1 is 0.641 bits per heavy atom. The highest BCUT2D eigenvalue weighted by molar-refractivity contribution is 6.04. The van der Waals surface area contributed by atoms with Crippen LogP contribution in [0.15, 0.2) is 76.7 Å². The Hall–Kier alpha value is -4.28. The summed E-state index contributed by atoms with van der Waals surface area (Å²) in [6, 6.07) is 19.6. The molecule has 0 aromatic heterocycles. The first-order valence-corrected chi connectivity index (χ1v) is 12.1. The first-order chi connectivity index (χ1) is 18.0. The fourth-order valence-electron chi connectivity index (χ4n) is 4.07. The average molecular weight is 569 g/mol. The van der Waals surface area contributed by atoms with E-state index in [2.05, 4.69) is 41.9 Å². The second-order valence-corrected chi connectivity index (χ2v) is 8.66. The van der Waals surface area contributed by atoms with Crippen LogP contribution < -0.4 is 31.9 Å². The van der Waals surface area contributed by atoms with Crippen LogP contribution in [0, 0.1) is 6.92 Å². The highest BCUT2D eigenvalue weighted by Gasteiger charge is 2.11. The molecule has 0 fully saturated rings. The number of hydrogen-bond donors (Lipinski definition) is 6. The summed E-state index contributed by atoms with van der Waals surface area (Å²) in [5.74, 6) is 1.75. The van der Waals surface area contributed by atoms with Crippen molar-refractivity contribution in [3.63, 3.8) is 0 Å². The average Bonchev–Trinajstić information content (AvgIpc) is 3.62. The molecule has 0 aliphatic carbocycles. The molecule has 12 heteroatoms. The minimum atomic E-state index is -0.357. The van der Waals surface area contributed by atoms with Crippen molar-refractivity contribution in [1.29, 1.82) is 0 Å². The Morgan fingerprint density at radius 2 is 1.08 bits per heavy atom. The van der Waals surface area contributed by atoms with E-state index >= 15 is 0 Å². The molecule has 6 N–H and O–H groups in total. The van der Waals surface area contributed by atoms with Crippen LogP contribution >= 0.6 is 24.8 Å². The Balaban J connectivity index is 0.00000210. The Morgan fingerprint density at radius 3 is 1.51 bits per heavy atom. The topological polar surface area (TPSA) is 131 Å². The molecule has 2 heterocycles. The standard InChI is InChI=1S/C27H28N8O2.2ClH/c1-17-16-22(34-26(36)32-20-6-2-18(3-7-20)24-28-12-13-29-24)10-11-23(17)35-27(37)33-21-8-4-19(5-9-21)25-30-14-15-31-25;;/h2-11,16H,12-15H2,1H3,(H,28,29)(H,30,31)(H2,32,34,36)(H2,33,35,37);2*1H. The number of halogens is 2. The summed E-state index contributed by atoms with van der Waals surface area (Å²) in [6.45, 7) is 5.11. The van der Waals surface area contributed by atoms with Crippen molar-refractivity contribution >= 4 is 71.3 Å². The molecule has 3 aromatic rings. The number of hydrogen-bond acceptors (Lipinski definition) is 6. The molecule has 4 amide bonds. The van der Waals surface area contributed by atoms with E-state index in [1.54, 1.807) is 18.2 Å². The van der Waals surface area contributed by atoms with Gasteiger partial charge in [0.2, 0.25) is 0 Å². The number of rotatable bonds is 6. The summed E-state index contributed by atoms with van der Waals surface area (Å²) in [5, 5.41) is 17.8. The van der Waals surface area contributed by atoms with Gasteiger partial charge in [-0.1, -0.05) is 0 Å². The van der Waals surface area contributed by atoms with Crippen LogP contribution in [0.5, 0.6) is 0 Å². The van der Waals surface area contributed by atoms with Gasteiger partial charge < -0.3 is 31.9 Å². The lowest BCUT2D eigenvalue weighted by Crippen LogP contribution is -2.21. The molecule has 0 spiro atoms. The fraction of sp³-hybridized carbons (Fsp3) is 0.185. The molecule has 2 aliphatic rings. The van der Waals surface area contributed by atoms with Gasteiger partial charge in [-0.3, -0.25) is 9.98 Å². The van der Waals surface area contributed by atoms with Crippen molar-refractivity contribution in [3.05, 3.63) is 83.4 Å². The first kappa shape index (κ1) is 29.3. The number of carbonyl (C=O) groups is 2. The summed E-state index contributed by atoms with van der Waals surface area (Å²) >= 11 is 0. The largest absolute Gasteiger partial charge is 0.368 e. The van der Waals surface area contributed by atoms with E-state index in [1.807, 2.05) is 55.5 Å². The minimum Gasteiger partial charge on any atom is -0.368 e. The van der Waals surface area contributed by atoms with Gasteiger partial charge in [-0.15, -0.1) is 24.8 Å². The smallest absolute Gasteiger partial charge is 0.323 e. The predicted molar refractivity (Wildman–Crippen MR) is 163 cm³/mol. The van der Waals surface area contributed by atoms with Crippen LogP contribution in [0.3, 0.4) is 0 Å². The number of aliphatic imine (C=N–C) groups is 2. The van der Waals surface area contributed by atoms with Gasteiger partial charge in [0.15, 0.2) is 0 Å². The van der Waals surface area contributed by atoms with Crippen LogP contribution in [0.25, 0.3) is 0 Å². The Kier molecular flexibility index (Phi) is 10.1. The van der Waals surface area contributed by atoms with Crippen LogP contribution in [0.2, 0.25) is 0 Å². The SMILES string of the molecule is Cc1cc(NC(=O)Nc2ccc(C3=NCCN3)cc2)ccc1NC(=O)Nc1ccc(C2=NCCN2)cc1.Cl.Cl. The summed E-state index contributed by atoms with van der Waals surface area (Å²) < 4.78 is 0. The third-order valence-corrected chi connectivity index (χ3v) is 5.91. The van der Waals surface area contributed by atoms with Crippen molar-refractivity contribution in [2.24, 2.45) is 9.98 Å². The Bertz CT molecular complexity index is 1380. The second kappa shape index (κ2) is 13.5. The maximum atomic E-state index is 12.5. The Labute approximate surface area is 239 Å². The molecule has 0 radical (unpaired) electrons. The van der Waals surface area contributed by atoms with Gasteiger partial charge in [0.1, 0.15) is 11.7 Å². The molecule has 0 unspecified atom stereocenters. The number of amides is 4. The first-order valence-electron chi connectivity index (χ1n) is 12.1. The van der Waals surface area contributed by atoms with Crippen LogP contribution in [-0.4, -0.2) is 49.9 Å². The zero-order valence-corrected chi connectivity index (χ0v) is 22.8. The van der Waals surface area contributed by atoms with E-state index in [0.717, 1.165) is 54.5 Å². The zero-order chi connectivity index (χ0) is 25.6. The number of nitrogens with one attached hydrogen (secondary N) is 6. The molecule has 0 saturated heterocycles. The highest BCUT2D eigenvalue weighted by Crippen LogP contribution is 2.21. The van der Waals surface area contributed by atoms with Crippen LogP contribution in [0.1, 0.15) is 16.7 Å². The van der Waals surface area contributed by atoms with Crippen molar-refractivity contribution in [2.45, 2.75) is 6.92 Å². The number of nitrogens with zero attached hydrogens (tertiary/aromatic N) is 2. The molecule has 0 saturated carbocycles. The molecule has 3 aromatic carbocycles. The highest BCUT2D eigenvalue weighted by atomic mass is 35.5. The third kappa shape index (κ3) is 7.62. The van der Waals surface area contributed by atoms with E-state index in [9.17, 15) is 9.59 Å². The number of urea groups is 2. The summed E-state index contributed by atoms with van der Waals surface area (Å²) in [5.41, 5.74) is 5.38. The predicted octanol–water partition coefficient (Wildman–Crippen LogP) is 4.83. The van der Waals surface area contributed by atoms with Gasteiger partial charge in [0.25, 0.3) is 0 Å². The van der Waals surface area contributed by atoms with Crippen molar-refractivity contribution in [3.8, 4) is 0 Å². The molecular formula is C27H30Cl2N8O2. The van der Waals surface area contributed by atoms with Gasteiger partial charge in [0, 0.05) is 47.0 Å². The van der Waals surface area contributed by atoms with Crippen LogP contribution in [-0.2, 0) is 0 Å². The summed E-state index contributed by atoms with van der Waals surface area (Å²) in [4.78, 5) is 33.7. The zero-order valence-electron chi connectivity index (χ0n) is 21.2. The molecule has 0 atom stereocenters. The second-order valence-electron chi connectivity index (χ2n) is 8.66. The molecule has 10 nitrogen and oxygen atoms in total. The maximum absolute atomic E-state index is 12.5. The lowest BCUT2D eigenvalue weighted by atomic mass is 10.1. The van der Waals surface area contributed by atoms with Gasteiger partial charge in [-0.05, 0) is 79.2 Å². The van der Waals surface area contributed by atoms with E-state index in [0.29, 0.717) is 22.7 Å². The van der Waals surface area contributed by atoms with E-state index in [-0.39, 0.29) is 36.9 Å².